The smallest absolute Gasteiger partial charge is 0.209 e. The molecule has 0 heterocycles. The third kappa shape index (κ3) is 2.49. The molecule has 1 unspecified atom stereocenters. The predicted octanol–water partition coefficient (Wildman–Crippen LogP) is 2.69. The SMILES string of the molecule is CC(C#CC1CCC1)C(F)F. The average molecular weight is 158 g/mol. The molecule has 0 aromatic heterocycles. The Hall–Kier alpha value is -0.580. The summed E-state index contributed by atoms with van der Waals surface area (Å²) in [6.45, 7) is 1.47. The summed E-state index contributed by atoms with van der Waals surface area (Å²) >= 11 is 0. The van der Waals surface area contributed by atoms with Gasteiger partial charge in [0.05, 0.1) is 5.92 Å². The second kappa shape index (κ2) is 3.71. The van der Waals surface area contributed by atoms with E-state index in [0.717, 1.165) is 12.8 Å². The molecule has 1 rings (SSSR count). The zero-order valence-corrected chi connectivity index (χ0v) is 6.61. The maximum absolute atomic E-state index is 11.9. The van der Waals surface area contributed by atoms with Gasteiger partial charge < -0.3 is 0 Å². The number of hydrogen-bond acceptors (Lipinski definition) is 0. The third-order valence-corrected chi connectivity index (χ3v) is 2.00. The van der Waals surface area contributed by atoms with E-state index in [9.17, 15) is 8.78 Å². The van der Waals surface area contributed by atoms with E-state index in [1.54, 1.807) is 0 Å². The van der Waals surface area contributed by atoms with E-state index in [4.69, 9.17) is 0 Å². The standard InChI is InChI=1S/C9H12F2/c1-7(9(10)11)5-6-8-3-2-4-8/h7-9H,2-4H2,1H3. The first-order valence-corrected chi connectivity index (χ1v) is 3.99. The summed E-state index contributed by atoms with van der Waals surface area (Å²) in [5, 5.41) is 0. The number of halogens is 2. The van der Waals surface area contributed by atoms with Crippen molar-refractivity contribution in [3.63, 3.8) is 0 Å². The van der Waals surface area contributed by atoms with E-state index in [0.29, 0.717) is 5.92 Å². The van der Waals surface area contributed by atoms with Crippen LogP contribution in [-0.4, -0.2) is 6.43 Å². The second-order valence-electron chi connectivity index (χ2n) is 3.04. The van der Waals surface area contributed by atoms with Gasteiger partial charge in [-0.3, -0.25) is 0 Å². The summed E-state index contributed by atoms with van der Waals surface area (Å²) in [4.78, 5) is 0. The van der Waals surface area contributed by atoms with Crippen LogP contribution < -0.4 is 0 Å². The lowest BCUT2D eigenvalue weighted by atomic mass is 9.86. The predicted molar refractivity (Wildman–Crippen MR) is 40.3 cm³/mol. The number of hydrogen-bond donors (Lipinski definition) is 0. The third-order valence-electron chi connectivity index (χ3n) is 2.00. The van der Waals surface area contributed by atoms with E-state index in [1.165, 1.54) is 13.3 Å². The van der Waals surface area contributed by atoms with Gasteiger partial charge in [0.25, 0.3) is 6.43 Å². The topological polar surface area (TPSA) is 0 Å². The Morgan fingerprint density at radius 2 is 2.00 bits per heavy atom. The molecule has 0 radical (unpaired) electrons. The molecule has 0 nitrogen and oxygen atoms in total. The Bertz CT molecular complexity index is 172. The van der Waals surface area contributed by atoms with Crippen LogP contribution in [0, 0.1) is 23.7 Å². The minimum Gasteiger partial charge on any atom is -0.209 e. The molecule has 0 saturated heterocycles. The molecule has 0 aromatic carbocycles. The van der Waals surface area contributed by atoms with Crippen LogP contribution in [0.15, 0.2) is 0 Å². The van der Waals surface area contributed by atoms with E-state index >= 15 is 0 Å². The molecule has 62 valence electrons. The minimum atomic E-state index is -2.29. The fourth-order valence-electron chi connectivity index (χ4n) is 0.865. The molecule has 0 bridgehead atoms. The minimum absolute atomic E-state index is 0.413. The monoisotopic (exact) mass is 158 g/mol. The molecule has 0 spiro atoms. The molecular weight excluding hydrogens is 146 g/mol. The summed E-state index contributed by atoms with van der Waals surface area (Å²) in [6.07, 6.45) is 1.12. The molecule has 1 saturated carbocycles. The van der Waals surface area contributed by atoms with Crippen molar-refractivity contribution >= 4 is 0 Å². The van der Waals surface area contributed by atoms with Gasteiger partial charge in [0, 0.05) is 5.92 Å². The largest absolute Gasteiger partial charge is 0.251 e. The van der Waals surface area contributed by atoms with Crippen LogP contribution in [0.2, 0.25) is 0 Å². The molecule has 1 aliphatic carbocycles. The fraction of sp³-hybridized carbons (Fsp3) is 0.778. The Kier molecular flexibility index (Phi) is 2.87. The molecule has 1 aliphatic rings. The van der Waals surface area contributed by atoms with Crippen LogP contribution >= 0.6 is 0 Å². The van der Waals surface area contributed by atoms with Crippen molar-refractivity contribution < 1.29 is 8.78 Å². The van der Waals surface area contributed by atoms with Crippen LogP contribution in [0.5, 0.6) is 0 Å². The van der Waals surface area contributed by atoms with Gasteiger partial charge >= 0.3 is 0 Å². The Morgan fingerprint density at radius 3 is 2.36 bits per heavy atom. The second-order valence-corrected chi connectivity index (χ2v) is 3.04. The first-order valence-electron chi connectivity index (χ1n) is 3.99. The summed E-state index contributed by atoms with van der Waals surface area (Å²) in [7, 11) is 0. The van der Waals surface area contributed by atoms with Crippen LogP contribution in [0.4, 0.5) is 8.78 Å². The molecule has 2 heteroatoms. The molecule has 11 heavy (non-hydrogen) atoms. The van der Waals surface area contributed by atoms with Gasteiger partial charge in [-0.05, 0) is 19.8 Å². The Labute approximate surface area is 66.0 Å². The maximum Gasteiger partial charge on any atom is 0.251 e. The quantitative estimate of drug-likeness (QED) is 0.515. The highest BCUT2D eigenvalue weighted by molar-refractivity contribution is 5.09. The van der Waals surface area contributed by atoms with Gasteiger partial charge in [-0.15, -0.1) is 0 Å². The molecule has 0 aliphatic heterocycles. The van der Waals surface area contributed by atoms with E-state index in [2.05, 4.69) is 11.8 Å². The Balaban J connectivity index is 2.29. The fourth-order valence-corrected chi connectivity index (χ4v) is 0.865. The van der Waals surface area contributed by atoms with Gasteiger partial charge in [0.2, 0.25) is 0 Å². The normalized spacial score (nSPS) is 20.4. The van der Waals surface area contributed by atoms with Gasteiger partial charge in [-0.2, -0.15) is 0 Å². The molecule has 1 atom stereocenters. The zero-order chi connectivity index (χ0) is 8.27. The first-order chi connectivity index (χ1) is 5.20. The summed E-state index contributed by atoms with van der Waals surface area (Å²) in [6, 6.07) is 0. The number of rotatable bonds is 1. The lowest BCUT2D eigenvalue weighted by molar-refractivity contribution is 0.112. The van der Waals surface area contributed by atoms with Gasteiger partial charge in [-0.25, -0.2) is 8.78 Å². The van der Waals surface area contributed by atoms with E-state index < -0.39 is 12.3 Å². The van der Waals surface area contributed by atoms with Crippen LogP contribution in [-0.2, 0) is 0 Å². The highest BCUT2D eigenvalue weighted by Gasteiger charge is 2.15. The van der Waals surface area contributed by atoms with Crippen molar-refractivity contribution in [3.8, 4) is 11.8 Å². The summed E-state index contributed by atoms with van der Waals surface area (Å²) in [5.74, 6) is 5.11. The highest BCUT2D eigenvalue weighted by atomic mass is 19.3. The lowest BCUT2D eigenvalue weighted by Crippen LogP contribution is -2.09. The molecule has 1 fully saturated rings. The van der Waals surface area contributed by atoms with Crippen LogP contribution in [0.1, 0.15) is 26.2 Å². The zero-order valence-electron chi connectivity index (χ0n) is 6.61. The Morgan fingerprint density at radius 1 is 1.36 bits per heavy atom. The summed E-state index contributed by atoms with van der Waals surface area (Å²) < 4.78 is 23.8. The van der Waals surface area contributed by atoms with E-state index in [-0.39, 0.29) is 0 Å². The average Bonchev–Trinajstić information content (AvgIpc) is 1.83. The molecule has 0 amide bonds. The van der Waals surface area contributed by atoms with Gasteiger partial charge in [0.15, 0.2) is 0 Å². The molecule has 0 N–H and O–H groups in total. The number of alkyl halides is 2. The van der Waals surface area contributed by atoms with Crippen molar-refractivity contribution in [1.82, 2.24) is 0 Å². The van der Waals surface area contributed by atoms with Crippen molar-refractivity contribution in [2.24, 2.45) is 11.8 Å². The van der Waals surface area contributed by atoms with Crippen molar-refractivity contribution in [2.75, 3.05) is 0 Å². The summed E-state index contributed by atoms with van der Waals surface area (Å²) in [5.41, 5.74) is 0. The van der Waals surface area contributed by atoms with Crippen LogP contribution in [0.3, 0.4) is 0 Å². The van der Waals surface area contributed by atoms with Crippen molar-refractivity contribution in [1.29, 1.82) is 0 Å². The molecule has 0 aromatic rings. The molecular formula is C9H12F2. The van der Waals surface area contributed by atoms with Crippen LogP contribution in [0.25, 0.3) is 0 Å². The van der Waals surface area contributed by atoms with E-state index in [1.807, 2.05) is 0 Å². The first kappa shape index (κ1) is 8.52. The highest BCUT2D eigenvalue weighted by Crippen LogP contribution is 2.25. The van der Waals surface area contributed by atoms with Crippen molar-refractivity contribution in [3.05, 3.63) is 0 Å². The van der Waals surface area contributed by atoms with Gasteiger partial charge in [-0.1, -0.05) is 18.3 Å². The van der Waals surface area contributed by atoms with Gasteiger partial charge in [0.1, 0.15) is 0 Å². The lowest BCUT2D eigenvalue weighted by Gasteiger charge is -2.19. The van der Waals surface area contributed by atoms with Crippen molar-refractivity contribution in [2.45, 2.75) is 32.6 Å². The maximum atomic E-state index is 11.9.